The summed E-state index contributed by atoms with van der Waals surface area (Å²) in [4.78, 5) is 30.1. The van der Waals surface area contributed by atoms with Gasteiger partial charge in [-0.05, 0) is 18.9 Å². The lowest BCUT2D eigenvalue weighted by molar-refractivity contribution is -0.142. The standard InChI is InChI=1S/C21H20F3N9O2/c1-31-10-11(7-26-31)6-25-20(35)17-15(9-27-32(17)2)30-19(34)13-8-28-33-16(21(22,23)24)5-14(12-3-4-12)29-18(13)33/h5,7-10,12H,3-4,6H2,1-2H3,(H,25,35)(H,30,34). The molecule has 1 saturated carbocycles. The van der Waals surface area contributed by atoms with Gasteiger partial charge in [0.15, 0.2) is 5.65 Å². The fraction of sp³-hybridized carbons (Fsp3) is 0.333. The largest absolute Gasteiger partial charge is 0.433 e. The Balaban J connectivity index is 1.42. The Morgan fingerprint density at radius 1 is 1.09 bits per heavy atom. The number of carbonyl (C=O) groups excluding carboxylic acids is 2. The molecular formula is C21H20F3N9O2. The van der Waals surface area contributed by atoms with E-state index in [1.807, 2.05) is 0 Å². The second kappa shape index (κ2) is 8.21. The van der Waals surface area contributed by atoms with E-state index in [0.29, 0.717) is 4.52 Å². The summed E-state index contributed by atoms with van der Waals surface area (Å²) in [6.45, 7) is 0.202. The summed E-state index contributed by atoms with van der Waals surface area (Å²) >= 11 is 0. The molecule has 0 aliphatic heterocycles. The first-order valence-electron chi connectivity index (χ1n) is 10.7. The van der Waals surface area contributed by atoms with Crippen LogP contribution in [0, 0.1) is 0 Å². The number of fused-ring (bicyclic) bond motifs is 1. The molecule has 0 aromatic carbocycles. The number of anilines is 1. The SMILES string of the molecule is Cn1cc(CNC(=O)c2c(NC(=O)c3cnn4c(C(F)(F)F)cc(C5CC5)nc34)cnn2C)cn1. The van der Waals surface area contributed by atoms with Crippen molar-refractivity contribution in [3.8, 4) is 0 Å². The van der Waals surface area contributed by atoms with Gasteiger partial charge < -0.3 is 10.6 Å². The summed E-state index contributed by atoms with van der Waals surface area (Å²) in [7, 11) is 3.28. The molecule has 4 heterocycles. The highest BCUT2D eigenvalue weighted by atomic mass is 19.4. The molecule has 1 fully saturated rings. The minimum atomic E-state index is -4.67. The zero-order chi connectivity index (χ0) is 24.9. The number of hydrogen-bond acceptors (Lipinski definition) is 6. The van der Waals surface area contributed by atoms with Crippen LogP contribution in [-0.2, 0) is 26.8 Å². The Morgan fingerprint density at radius 2 is 1.86 bits per heavy atom. The van der Waals surface area contributed by atoms with Crippen molar-refractivity contribution in [3.05, 3.63) is 59.1 Å². The Morgan fingerprint density at radius 3 is 2.51 bits per heavy atom. The Bertz CT molecular complexity index is 1450. The molecule has 1 aliphatic rings. The predicted molar refractivity (Wildman–Crippen MR) is 116 cm³/mol. The van der Waals surface area contributed by atoms with E-state index in [1.54, 1.807) is 24.1 Å². The number of nitrogens with one attached hydrogen (secondary N) is 2. The molecular weight excluding hydrogens is 467 g/mol. The van der Waals surface area contributed by atoms with Crippen LogP contribution in [0.15, 0.2) is 30.9 Å². The van der Waals surface area contributed by atoms with E-state index in [-0.39, 0.29) is 40.7 Å². The number of aromatic nitrogens is 7. The van der Waals surface area contributed by atoms with Crippen molar-refractivity contribution < 1.29 is 22.8 Å². The molecule has 0 unspecified atom stereocenters. The zero-order valence-electron chi connectivity index (χ0n) is 18.7. The van der Waals surface area contributed by atoms with Crippen molar-refractivity contribution in [2.24, 2.45) is 14.1 Å². The maximum Gasteiger partial charge on any atom is 0.433 e. The quantitative estimate of drug-likeness (QED) is 0.430. The van der Waals surface area contributed by atoms with Gasteiger partial charge in [0, 0.05) is 44.0 Å². The molecule has 4 aromatic rings. The number of hydrogen-bond donors (Lipinski definition) is 2. The summed E-state index contributed by atoms with van der Waals surface area (Å²) in [6.07, 6.45) is 2.47. The van der Waals surface area contributed by atoms with Gasteiger partial charge in [0.05, 0.1) is 24.3 Å². The molecule has 0 bridgehead atoms. The molecule has 0 atom stereocenters. The maximum atomic E-state index is 13.6. The lowest BCUT2D eigenvalue weighted by Crippen LogP contribution is -2.26. The van der Waals surface area contributed by atoms with Gasteiger partial charge in [0.1, 0.15) is 17.0 Å². The van der Waals surface area contributed by atoms with Gasteiger partial charge in [-0.25, -0.2) is 9.50 Å². The molecule has 182 valence electrons. The van der Waals surface area contributed by atoms with Gasteiger partial charge in [-0.2, -0.15) is 28.5 Å². The maximum absolute atomic E-state index is 13.6. The topological polar surface area (TPSA) is 124 Å². The summed E-state index contributed by atoms with van der Waals surface area (Å²) < 4.78 is 44.4. The molecule has 0 spiro atoms. The fourth-order valence-corrected chi connectivity index (χ4v) is 3.75. The molecule has 5 rings (SSSR count). The van der Waals surface area contributed by atoms with Crippen LogP contribution in [0.4, 0.5) is 18.9 Å². The van der Waals surface area contributed by atoms with Crippen LogP contribution in [0.3, 0.4) is 0 Å². The smallest absolute Gasteiger partial charge is 0.346 e. The molecule has 1 aliphatic carbocycles. The minimum Gasteiger partial charge on any atom is -0.346 e. The van der Waals surface area contributed by atoms with Crippen LogP contribution in [0.1, 0.15) is 56.6 Å². The highest BCUT2D eigenvalue weighted by Crippen LogP contribution is 2.41. The third-order valence-electron chi connectivity index (χ3n) is 5.64. The van der Waals surface area contributed by atoms with Crippen LogP contribution in [0.2, 0.25) is 0 Å². The van der Waals surface area contributed by atoms with Crippen LogP contribution >= 0.6 is 0 Å². The summed E-state index contributed by atoms with van der Waals surface area (Å²) in [5.74, 6) is -1.33. The number of halogens is 3. The van der Waals surface area contributed by atoms with Gasteiger partial charge in [0.25, 0.3) is 11.8 Å². The molecule has 0 radical (unpaired) electrons. The first-order valence-corrected chi connectivity index (χ1v) is 10.7. The van der Waals surface area contributed by atoms with Crippen molar-refractivity contribution in [2.45, 2.75) is 31.5 Å². The highest BCUT2D eigenvalue weighted by Gasteiger charge is 2.38. The van der Waals surface area contributed by atoms with Crippen molar-refractivity contribution in [3.63, 3.8) is 0 Å². The van der Waals surface area contributed by atoms with E-state index in [0.717, 1.165) is 30.7 Å². The van der Waals surface area contributed by atoms with Crippen molar-refractivity contribution >= 4 is 23.1 Å². The lowest BCUT2D eigenvalue weighted by Gasteiger charge is -2.11. The van der Waals surface area contributed by atoms with E-state index in [2.05, 4.69) is 30.9 Å². The van der Waals surface area contributed by atoms with E-state index in [4.69, 9.17) is 0 Å². The first kappa shape index (κ1) is 22.6. The predicted octanol–water partition coefficient (Wildman–Crippen LogP) is 2.27. The summed E-state index contributed by atoms with van der Waals surface area (Å²) in [5.41, 5.74) is -0.139. The second-order valence-corrected chi connectivity index (χ2v) is 8.32. The van der Waals surface area contributed by atoms with Crippen LogP contribution in [0.25, 0.3) is 5.65 Å². The second-order valence-electron chi connectivity index (χ2n) is 8.32. The summed E-state index contributed by atoms with van der Waals surface area (Å²) in [5, 5.41) is 17.1. The fourth-order valence-electron chi connectivity index (χ4n) is 3.75. The van der Waals surface area contributed by atoms with Crippen LogP contribution in [0.5, 0.6) is 0 Å². The molecule has 2 N–H and O–H groups in total. The minimum absolute atomic E-state index is 0.0691. The first-order chi connectivity index (χ1) is 16.6. The van der Waals surface area contributed by atoms with Crippen molar-refractivity contribution in [1.82, 2.24) is 39.5 Å². The lowest BCUT2D eigenvalue weighted by atomic mass is 10.2. The van der Waals surface area contributed by atoms with Crippen LogP contribution < -0.4 is 10.6 Å². The van der Waals surface area contributed by atoms with Gasteiger partial charge >= 0.3 is 6.18 Å². The molecule has 0 saturated heterocycles. The van der Waals surface area contributed by atoms with Crippen molar-refractivity contribution in [2.75, 3.05) is 5.32 Å². The average molecular weight is 487 g/mol. The third-order valence-corrected chi connectivity index (χ3v) is 5.64. The molecule has 2 amide bonds. The average Bonchev–Trinajstić information content (AvgIpc) is 3.26. The number of aryl methyl sites for hydroxylation is 2. The Labute approximate surface area is 195 Å². The van der Waals surface area contributed by atoms with Gasteiger partial charge in [-0.15, -0.1) is 0 Å². The van der Waals surface area contributed by atoms with Crippen LogP contribution in [-0.4, -0.2) is 46.0 Å². The molecule has 14 heteroatoms. The Hall–Kier alpha value is -4.23. The number of amides is 2. The number of rotatable bonds is 6. The third kappa shape index (κ3) is 4.34. The van der Waals surface area contributed by atoms with E-state index < -0.39 is 23.7 Å². The monoisotopic (exact) mass is 487 g/mol. The highest BCUT2D eigenvalue weighted by molar-refractivity contribution is 6.11. The number of carbonyl (C=O) groups is 2. The number of alkyl halides is 3. The van der Waals surface area contributed by atoms with Crippen molar-refractivity contribution in [1.29, 1.82) is 0 Å². The molecule has 35 heavy (non-hydrogen) atoms. The van der Waals surface area contributed by atoms with E-state index in [1.165, 1.54) is 17.9 Å². The van der Waals surface area contributed by atoms with Gasteiger partial charge in [-0.1, -0.05) is 0 Å². The number of nitrogens with zero attached hydrogens (tertiary/aromatic N) is 7. The Kier molecular flexibility index (Phi) is 5.29. The van der Waals surface area contributed by atoms with Gasteiger partial charge in [0.2, 0.25) is 0 Å². The molecule has 4 aromatic heterocycles. The van der Waals surface area contributed by atoms with Gasteiger partial charge in [-0.3, -0.25) is 19.0 Å². The van der Waals surface area contributed by atoms with E-state index in [9.17, 15) is 22.8 Å². The zero-order valence-corrected chi connectivity index (χ0v) is 18.7. The summed E-state index contributed by atoms with van der Waals surface area (Å²) in [6, 6.07) is 0.977. The van der Waals surface area contributed by atoms with E-state index >= 15 is 0 Å². The molecule has 11 nitrogen and oxygen atoms in total. The normalized spacial score (nSPS) is 13.9.